The molecule has 4 aromatic rings. The van der Waals surface area contributed by atoms with Crippen molar-refractivity contribution in [1.29, 1.82) is 0 Å². The molecule has 0 fully saturated rings. The first-order valence-corrected chi connectivity index (χ1v) is 10.7. The van der Waals surface area contributed by atoms with Gasteiger partial charge in [0, 0.05) is 11.5 Å². The smallest absolute Gasteiger partial charge is 0.335 e. The molecule has 9 heteroatoms. The lowest BCUT2D eigenvalue weighted by Crippen LogP contribution is -2.16. The van der Waals surface area contributed by atoms with Gasteiger partial charge < -0.3 is 5.11 Å². The molecule has 0 unspecified atom stereocenters. The number of carboxylic acids is 1. The largest absolute Gasteiger partial charge is 0.478 e. The van der Waals surface area contributed by atoms with E-state index < -0.39 is 38.3 Å². The number of fused-ring (bicyclic) bond motifs is 1. The Morgan fingerprint density at radius 3 is 2.28 bits per heavy atom. The number of hydrogen-bond acceptors (Lipinski definition) is 3. The fraction of sp³-hybridized carbons (Fsp3) is 0. The fourth-order valence-corrected chi connectivity index (χ4v) is 4.57. The van der Waals surface area contributed by atoms with Crippen molar-refractivity contribution in [1.82, 2.24) is 0 Å². The number of benzene rings is 4. The molecule has 0 amide bonds. The second-order valence-electron chi connectivity index (χ2n) is 6.90. The van der Waals surface area contributed by atoms with E-state index in [1.54, 1.807) is 42.5 Å². The van der Waals surface area contributed by atoms with Crippen LogP contribution in [-0.4, -0.2) is 19.5 Å². The molecule has 0 aromatic heterocycles. The van der Waals surface area contributed by atoms with Crippen molar-refractivity contribution >= 4 is 32.5 Å². The van der Waals surface area contributed by atoms with Crippen LogP contribution < -0.4 is 4.72 Å². The van der Waals surface area contributed by atoms with Crippen molar-refractivity contribution in [2.24, 2.45) is 0 Å². The van der Waals surface area contributed by atoms with Crippen molar-refractivity contribution in [3.63, 3.8) is 0 Å². The molecule has 2 N–H and O–H groups in total. The third-order valence-electron chi connectivity index (χ3n) is 4.84. The van der Waals surface area contributed by atoms with Crippen LogP contribution in [0.25, 0.3) is 21.9 Å². The highest BCUT2D eigenvalue weighted by Gasteiger charge is 2.24. The van der Waals surface area contributed by atoms with Gasteiger partial charge in [-0.3, -0.25) is 4.72 Å². The lowest BCUT2D eigenvalue weighted by molar-refractivity contribution is 0.0697. The first-order valence-electron chi connectivity index (χ1n) is 9.20. The van der Waals surface area contributed by atoms with E-state index in [1.165, 1.54) is 18.2 Å². The van der Waals surface area contributed by atoms with Crippen LogP contribution in [0, 0.1) is 17.5 Å². The molecule has 0 heterocycles. The first-order chi connectivity index (χ1) is 15.2. The Morgan fingerprint density at radius 2 is 1.56 bits per heavy atom. The van der Waals surface area contributed by atoms with E-state index in [1.807, 2.05) is 0 Å². The Labute approximate surface area is 180 Å². The standard InChI is InChI=1S/C23H14F3NO4S/c24-15-11-19(25)22(26)21(12-15)32(30,31)27-20-9-8-16(17-6-1-2-7-18(17)20)13-4-3-5-14(10-13)23(28)29/h1-12,27H,(H,28,29). The summed E-state index contributed by atoms with van der Waals surface area (Å²) in [6.07, 6.45) is 0. The molecule has 0 aliphatic heterocycles. The highest BCUT2D eigenvalue weighted by atomic mass is 32.2. The number of carboxylic acid groups (broad SMARTS) is 1. The Balaban J connectivity index is 1.84. The molecule has 4 aromatic carbocycles. The zero-order valence-corrected chi connectivity index (χ0v) is 17.0. The van der Waals surface area contributed by atoms with Crippen LogP contribution in [0.5, 0.6) is 0 Å². The SMILES string of the molecule is O=C(O)c1cccc(-c2ccc(NS(=O)(=O)c3cc(F)cc(F)c3F)c3ccccc23)c1. The summed E-state index contributed by atoms with van der Waals surface area (Å²) >= 11 is 0. The highest BCUT2D eigenvalue weighted by molar-refractivity contribution is 7.92. The maximum atomic E-state index is 14.1. The van der Waals surface area contributed by atoms with Gasteiger partial charge in [-0.1, -0.05) is 42.5 Å². The van der Waals surface area contributed by atoms with Gasteiger partial charge in [-0.2, -0.15) is 0 Å². The monoisotopic (exact) mass is 457 g/mol. The van der Waals surface area contributed by atoms with Crippen molar-refractivity contribution < 1.29 is 31.5 Å². The third kappa shape index (κ3) is 3.90. The van der Waals surface area contributed by atoms with Crippen LogP contribution in [0.2, 0.25) is 0 Å². The van der Waals surface area contributed by atoms with Crippen molar-refractivity contribution in [2.45, 2.75) is 4.90 Å². The molecule has 0 aliphatic rings. The molecule has 0 saturated heterocycles. The van der Waals surface area contributed by atoms with Gasteiger partial charge in [-0.25, -0.2) is 26.4 Å². The van der Waals surface area contributed by atoms with Crippen LogP contribution in [0.3, 0.4) is 0 Å². The van der Waals surface area contributed by atoms with Crippen molar-refractivity contribution in [3.8, 4) is 11.1 Å². The van der Waals surface area contributed by atoms with Crippen LogP contribution >= 0.6 is 0 Å². The van der Waals surface area contributed by atoms with E-state index in [9.17, 15) is 31.5 Å². The van der Waals surface area contributed by atoms with Crippen LogP contribution in [0.4, 0.5) is 18.9 Å². The Hall–Kier alpha value is -3.85. The van der Waals surface area contributed by atoms with E-state index in [2.05, 4.69) is 4.72 Å². The Bertz CT molecular complexity index is 1490. The van der Waals surface area contributed by atoms with Gasteiger partial charge >= 0.3 is 5.97 Å². The number of anilines is 1. The summed E-state index contributed by atoms with van der Waals surface area (Å²) in [7, 11) is -4.66. The molecule has 0 spiro atoms. The lowest BCUT2D eigenvalue weighted by Gasteiger charge is -2.14. The van der Waals surface area contributed by atoms with E-state index in [0.29, 0.717) is 28.0 Å². The molecule has 0 aliphatic carbocycles. The zero-order chi connectivity index (χ0) is 23.0. The quantitative estimate of drug-likeness (QED) is 0.392. The minimum Gasteiger partial charge on any atom is -0.478 e. The summed E-state index contributed by atoms with van der Waals surface area (Å²) in [5.74, 6) is -5.64. The van der Waals surface area contributed by atoms with E-state index in [0.717, 1.165) is 0 Å². The molecule has 4 rings (SSSR count). The minimum absolute atomic E-state index is 0.0582. The van der Waals surface area contributed by atoms with Gasteiger partial charge in [0.25, 0.3) is 10.0 Å². The number of rotatable bonds is 5. The number of sulfonamides is 1. The van der Waals surface area contributed by atoms with Gasteiger partial charge in [-0.05, 0) is 40.8 Å². The number of hydrogen-bond donors (Lipinski definition) is 2. The van der Waals surface area contributed by atoms with Gasteiger partial charge in [-0.15, -0.1) is 0 Å². The molecular formula is C23H14F3NO4S. The number of halogens is 3. The van der Waals surface area contributed by atoms with Gasteiger partial charge in [0.2, 0.25) is 0 Å². The number of nitrogens with one attached hydrogen (secondary N) is 1. The molecule has 0 atom stereocenters. The zero-order valence-electron chi connectivity index (χ0n) is 16.1. The minimum atomic E-state index is -4.66. The second-order valence-corrected chi connectivity index (χ2v) is 8.55. The third-order valence-corrected chi connectivity index (χ3v) is 6.20. The molecule has 32 heavy (non-hydrogen) atoms. The van der Waals surface area contributed by atoms with Crippen molar-refractivity contribution in [3.05, 3.63) is 95.8 Å². The molecule has 5 nitrogen and oxygen atoms in total. The fourth-order valence-electron chi connectivity index (χ4n) is 3.39. The van der Waals surface area contributed by atoms with E-state index in [4.69, 9.17) is 0 Å². The molecule has 0 saturated carbocycles. The van der Waals surface area contributed by atoms with Crippen LogP contribution in [-0.2, 0) is 10.0 Å². The molecule has 0 bridgehead atoms. The highest BCUT2D eigenvalue weighted by Crippen LogP contribution is 2.35. The predicted octanol–water partition coefficient (Wildman–Crippen LogP) is 5.42. The average Bonchev–Trinajstić information content (AvgIpc) is 2.76. The first kappa shape index (κ1) is 21.4. The lowest BCUT2D eigenvalue weighted by atomic mass is 9.96. The maximum Gasteiger partial charge on any atom is 0.335 e. The molecule has 0 radical (unpaired) electrons. The maximum absolute atomic E-state index is 14.1. The van der Waals surface area contributed by atoms with Gasteiger partial charge in [0.05, 0.1) is 11.3 Å². The second kappa shape index (κ2) is 8.01. The van der Waals surface area contributed by atoms with Crippen LogP contribution in [0.1, 0.15) is 10.4 Å². The predicted molar refractivity (Wildman–Crippen MR) is 113 cm³/mol. The Kier molecular flexibility index (Phi) is 5.35. The van der Waals surface area contributed by atoms with Gasteiger partial charge in [0.1, 0.15) is 10.7 Å². The topological polar surface area (TPSA) is 83.5 Å². The van der Waals surface area contributed by atoms with E-state index >= 15 is 0 Å². The van der Waals surface area contributed by atoms with Crippen molar-refractivity contribution in [2.75, 3.05) is 4.72 Å². The summed E-state index contributed by atoms with van der Waals surface area (Å²) in [5.41, 5.74) is 1.37. The Morgan fingerprint density at radius 1 is 0.844 bits per heavy atom. The normalized spacial score (nSPS) is 11.5. The summed E-state index contributed by atoms with van der Waals surface area (Å²) in [4.78, 5) is 10.2. The summed E-state index contributed by atoms with van der Waals surface area (Å²) in [6.45, 7) is 0. The number of carbonyl (C=O) groups is 1. The summed E-state index contributed by atoms with van der Waals surface area (Å²) in [6, 6.07) is 16.6. The van der Waals surface area contributed by atoms with Crippen LogP contribution in [0.15, 0.2) is 77.7 Å². The summed E-state index contributed by atoms with van der Waals surface area (Å²) in [5, 5.41) is 10.3. The molecule has 162 valence electrons. The molecular weight excluding hydrogens is 443 g/mol. The van der Waals surface area contributed by atoms with Gasteiger partial charge in [0.15, 0.2) is 11.6 Å². The van der Waals surface area contributed by atoms with E-state index in [-0.39, 0.29) is 17.3 Å². The summed E-state index contributed by atoms with van der Waals surface area (Å²) < 4.78 is 68.7. The number of aromatic carboxylic acids is 1. The average molecular weight is 457 g/mol.